The maximum Gasteiger partial charge on any atom is 0.241 e. The number of carbonyl (C=O) groups excluding carboxylic acids is 1. The van der Waals surface area contributed by atoms with Crippen LogP contribution in [-0.2, 0) is 17.8 Å². The van der Waals surface area contributed by atoms with Crippen molar-refractivity contribution in [2.75, 3.05) is 37.6 Å². The molecule has 1 amide bonds. The lowest BCUT2D eigenvalue weighted by Gasteiger charge is -2.30. The molecule has 9 heteroatoms. The molecule has 1 aromatic heterocycles. The molecule has 3 aromatic rings. The molecule has 0 unspecified atom stereocenters. The fraction of sp³-hybridized carbons (Fsp3) is 0.423. The number of likely N-dealkylation sites (tertiary alicyclic amines) is 1. The van der Waals surface area contributed by atoms with Gasteiger partial charge in [0.15, 0.2) is 0 Å². The number of aromatic nitrogens is 2. The second-order valence-corrected chi connectivity index (χ2v) is 10.0. The number of rotatable bonds is 8. The van der Waals surface area contributed by atoms with Crippen molar-refractivity contribution in [3.63, 3.8) is 0 Å². The van der Waals surface area contributed by atoms with Crippen LogP contribution < -0.4 is 10.2 Å². The van der Waals surface area contributed by atoms with Gasteiger partial charge in [-0.25, -0.2) is 0 Å². The zero-order chi connectivity index (χ0) is 24.2. The molecule has 0 saturated carbocycles. The largest absolute Gasteiger partial charge is 0.371 e. The Morgan fingerprint density at radius 2 is 1.94 bits per heavy atom. The van der Waals surface area contributed by atoms with Crippen molar-refractivity contribution in [2.24, 2.45) is 5.92 Å². The van der Waals surface area contributed by atoms with E-state index in [4.69, 9.17) is 27.7 Å². The summed E-state index contributed by atoms with van der Waals surface area (Å²) in [6.45, 7) is 4.97. The average molecular weight is 514 g/mol. The molecular formula is C26H29Cl2N5O2. The van der Waals surface area contributed by atoms with Gasteiger partial charge in [0, 0.05) is 41.8 Å². The monoisotopic (exact) mass is 513 g/mol. The maximum atomic E-state index is 12.7. The van der Waals surface area contributed by atoms with Gasteiger partial charge in [0.2, 0.25) is 17.6 Å². The normalized spacial score (nSPS) is 16.5. The van der Waals surface area contributed by atoms with E-state index in [0.29, 0.717) is 33.9 Å². The Bertz CT molecular complexity index is 1180. The third-order valence-electron chi connectivity index (χ3n) is 6.84. The lowest BCUT2D eigenvalue weighted by atomic mass is 9.96. The van der Waals surface area contributed by atoms with Crippen molar-refractivity contribution < 1.29 is 9.32 Å². The summed E-state index contributed by atoms with van der Waals surface area (Å²) in [6, 6.07) is 13.8. The minimum Gasteiger partial charge on any atom is -0.371 e. The van der Waals surface area contributed by atoms with Crippen molar-refractivity contribution in [1.29, 1.82) is 0 Å². The predicted molar refractivity (Wildman–Crippen MR) is 138 cm³/mol. The smallest absolute Gasteiger partial charge is 0.241 e. The van der Waals surface area contributed by atoms with Crippen LogP contribution in [-0.4, -0.2) is 53.7 Å². The van der Waals surface area contributed by atoms with Gasteiger partial charge in [0.25, 0.3) is 0 Å². The highest BCUT2D eigenvalue weighted by Crippen LogP contribution is 2.29. The van der Waals surface area contributed by atoms with Crippen molar-refractivity contribution in [3.05, 3.63) is 64.0 Å². The van der Waals surface area contributed by atoms with E-state index in [0.717, 1.165) is 58.4 Å². The zero-order valence-corrected chi connectivity index (χ0v) is 21.1. The Morgan fingerprint density at radius 3 is 2.77 bits per heavy atom. The number of nitrogens with zero attached hydrogens (tertiary/aromatic N) is 4. The van der Waals surface area contributed by atoms with Gasteiger partial charge in [-0.3, -0.25) is 9.69 Å². The van der Waals surface area contributed by atoms with E-state index in [2.05, 4.69) is 49.5 Å². The molecule has 2 aliphatic heterocycles. The standard InChI is InChI=1S/C26H29Cl2N5O2/c27-20-6-7-21(22(28)16-20)25-30-24(35-31-25)17-32-13-8-19(9-14-32)26(34)29-11-3-12-33-15-10-18-4-1-2-5-23(18)33/h1-2,4-7,16,19H,3,8-15,17H2,(H,29,34). The molecule has 1 N–H and O–H groups in total. The zero-order valence-electron chi connectivity index (χ0n) is 19.6. The summed E-state index contributed by atoms with van der Waals surface area (Å²) in [6.07, 6.45) is 3.72. The van der Waals surface area contributed by atoms with Crippen LogP contribution in [0.25, 0.3) is 11.4 Å². The number of nitrogens with one attached hydrogen (secondary N) is 1. The van der Waals surface area contributed by atoms with Gasteiger partial charge >= 0.3 is 0 Å². The number of carbonyl (C=O) groups is 1. The number of hydrogen-bond acceptors (Lipinski definition) is 6. The van der Waals surface area contributed by atoms with Crippen LogP contribution in [0.1, 0.15) is 30.7 Å². The molecule has 0 radical (unpaired) electrons. The Kier molecular flexibility index (Phi) is 7.56. The van der Waals surface area contributed by atoms with Crippen molar-refractivity contribution in [1.82, 2.24) is 20.4 Å². The van der Waals surface area contributed by atoms with E-state index >= 15 is 0 Å². The molecule has 7 nitrogen and oxygen atoms in total. The molecule has 35 heavy (non-hydrogen) atoms. The summed E-state index contributed by atoms with van der Waals surface area (Å²) in [5.74, 6) is 1.22. The van der Waals surface area contributed by atoms with Crippen LogP contribution >= 0.6 is 23.2 Å². The number of piperidine rings is 1. The first kappa shape index (κ1) is 24.1. The third-order valence-corrected chi connectivity index (χ3v) is 7.39. The quantitative estimate of drug-likeness (QED) is 0.435. The number of hydrogen-bond donors (Lipinski definition) is 1. The molecule has 3 heterocycles. The highest BCUT2D eigenvalue weighted by molar-refractivity contribution is 6.36. The van der Waals surface area contributed by atoms with Gasteiger partial charge in [-0.05, 0) is 68.6 Å². The molecule has 184 valence electrons. The molecule has 5 rings (SSSR count). The number of halogens is 2. The molecular weight excluding hydrogens is 485 g/mol. The molecule has 2 aromatic carbocycles. The van der Waals surface area contributed by atoms with E-state index in [1.54, 1.807) is 18.2 Å². The lowest BCUT2D eigenvalue weighted by molar-refractivity contribution is -0.126. The summed E-state index contributed by atoms with van der Waals surface area (Å²) in [5.41, 5.74) is 3.46. The van der Waals surface area contributed by atoms with E-state index in [-0.39, 0.29) is 11.8 Å². The second kappa shape index (κ2) is 11.0. The van der Waals surface area contributed by atoms with Gasteiger partial charge in [0.05, 0.1) is 11.6 Å². The topological polar surface area (TPSA) is 74.5 Å². The first-order chi connectivity index (χ1) is 17.1. The number of benzene rings is 2. The summed E-state index contributed by atoms with van der Waals surface area (Å²) < 4.78 is 5.43. The molecule has 2 aliphatic rings. The first-order valence-electron chi connectivity index (χ1n) is 12.2. The second-order valence-electron chi connectivity index (χ2n) is 9.20. The Labute approximate surface area is 215 Å². The average Bonchev–Trinajstić information content (AvgIpc) is 3.49. The van der Waals surface area contributed by atoms with Gasteiger partial charge < -0.3 is 14.7 Å². The molecule has 1 fully saturated rings. The van der Waals surface area contributed by atoms with Gasteiger partial charge in [-0.15, -0.1) is 0 Å². The maximum absolute atomic E-state index is 12.7. The van der Waals surface area contributed by atoms with E-state index < -0.39 is 0 Å². The Balaban J connectivity index is 1.03. The van der Waals surface area contributed by atoms with Crippen molar-refractivity contribution in [3.8, 4) is 11.4 Å². The van der Waals surface area contributed by atoms with Gasteiger partial charge in [-0.1, -0.05) is 46.6 Å². The highest BCUT2D eigenvalue weighted by Gasteiger charge is 2.26. The molecule has 0 spiro atoms. The van der Waals surface area contributed by atoms with Crippen LogP contribution in [0.5, 0.6) is 0 Å². The van der Waals surface area contributed by atoms with Crippen LogP contribution in [0.2, 0.25) is 10.0 Å². The Hall–Kier alpha value is -2.61. The predicted octanol–water partition coefficient (Wildman–Crippen LogP) is 4.82. The molecule has 1 saturated heterocycles. The van der Waals surface area contributed by atoms with Crippen LogP contribution in [0, 0.1) is 5.92 Å². The fourth-order valence-corrected chi connectivity index (χ4v) is 5.40. The summed E-state index contributed by atoms with van der Waals surface area (Å²) in [7, 11) is 0. The fourth-order valence-electron chi connectivity index (χ4n) is 4.91. The van der Waals surface area contributed by atoms with E-state index in [1.165, 1.54) is 11.3 Å². The number of amides is 1. The summed E-state index contributed by atoms with van der Waals surface area (Å²) >= 11 is 12.2. The molecule has 0 aliphatic carbocycles. The number of fused-ring (bicyclic) bond motifs is 1. The minimum absolute atomic E-state index is 0.0601. The summed E-state index contributed by atoms with van der Waals surface area (Å²) in [5, 5.41) is 8.26. The summed E-state index contributed by atoms with van der Waals surface area (Å²) in [4.78, 5) is 21.8. The highest BCUT2D eigenvalue weighted by atomic mass is 35.5. The number of para-hydroxylation sites is 1. The Morgan fingerprint density at radius 1 is 1.11 bits per heavy atom. The third kappa shape index (κ3) is 5.80. The molecule has 0 bridgehead atoms. The molecule has 0 atom stereocenters. The van der Waals surface area contributed by atoms with E-state index in [9.17, 15) is 4.79 Å². The number of anilines is 1. The van der Waals surface area contributed by atoms with Crippen LogP contribution in [0.3, 0.4) is 0 Å². The van der Waals surface area contributed by atoms with E-state index in [1.807, 2.05) is 0 Å². The van der Waals surface area contributed by atoms with Crippen molar-refractivity contribution >= 4 is 34.8 Å². The minimum atomic E-state index is 0.0601. The SMILES string of the molecule is O=C(NCCCN1CCc2ccccc21)C1CCN(Cc2nc(-c3ccc(Cl)cc3Cl)no2)CC1. The lowest BCUT2D eigenvalue weighted by Crippen LogP contribution is -2.40. The van der Waals surface area contributed by atoms with Crippen LogP contribution in [0.4, 0.5) is 5.69 Å². The van der Waals surface area contributed by atoms with Gasteiger partial charge in [0.1, 0.15) is 0 Å². The van der Waals surface area contributed by atoms with Gasteiger partial charge in [-0.2, -0.15) is 4.98 Å². The first-order valence-corrected chi connectivity index (χ1v) is 12.9. The van der Waals surface area contributed by atoms with Crippen molar-refractivity contribution in [2.45, 2.75) is 32.2 Å². The van der Waals surface area contributed by atoms with Crippen LogP contribution in [0.15, 0.2) is 47.0 Å².